The van der Waals surface area contributed by atoms with Crippen LogP contribution in [0.3, 0.4) is 0 Å². The Kier molecular flexibility index (Phi) is 7.02. The van der Waals surface area contributed by atoms with Gasteiger partial charge in [-0.3, -0.25) is 4.79 Å². The predicted octanol–water partition coefficient (Wildman–Crippen LogP) is 3.39. The fourth-order valence-electron chi connectivity index (χ4n) is 3.08. The highest BCUT2D eigenvalue weighted by Crippen LogP contribution is 2.27. The summed E-state index contributed by atoms with van der Waals surface area (Å²) in [4.78, 5) is 12.4. The van der Waals surface area contributed by atoms with Crippen molar-refractivity contribution in [2.24, 2.45) is 0 Å². The molecule has 156 valence electrons. The van der Waals surface area contributed by atoms with Crippen molar-refractivity contribution in [1.82, 2.24) is 8.61 Å². The third kappa shape index (κ3) is 5.40. The van der Waals surface area contributed by atoms with E-state index in [-0.39, 0.29) is 19.6 Å². The molecule has 0 spiro atoms. The Morgan fingerprint density at radius 1 is 1.14 bits per heavy atom. The Bertz CT molecular complexity index is 1000. The standard InChI is InChI=1S/C19H21Cl2N3O4S/c1-28-18-7-6-16(11-17(18)21)22-19(25)13-24-9-3-8-23(29(24,26)27)12-14-4-2-5-15(20)10-14/h2,4-7,10-11H,3,8-9,12-13H2,1H3,(H,22,25). The van der Waals surface area contributed by atoms with Crippen LogP contribution in [0.5, 0.6) is 5.75 Å². The molecule has 1 saturated heterocycles. The van der Waals surface area contributed by atoms with Gasteiger partial charge in [0.05, 0.1) is 18.7 Å². The molecule has 1 fully saturated rings. The lowest BCUT2D eigenvalue weighted by Crippen LogP contribution is -2.51. The Morgan fingerprint density at radius 2 is 1.90 bits per heavy atom. The molecule has 29 heavy (non-hydrogen) atoms. The van der Waals surface area contributed by atoms with Crippen LogP contribution < -0.4 is 10.1 Å². The van der Waals surface area contributed by atoms with Gasteiger partial charge in [0, 0.05) is 30.3 Å². The van der Waals surface area contributed by atoms with Crippen LogP contribution in [0.1, 0.15) is 12.0 Å². The van der Waals surface area contributed by atoms with Crippen LogP contribution in [0.25, 0.3) is 0 Å². The van der Waals surface area contributed by atoms with Crippen molar-refractivity contribution in [3.63, 3.8) is 0 Å². The zero-order valence-corrected chi connectivity index (χ0v) is 18.1. The van der Waals surface area contributed by atoms with Crippen LogP contribution in [0.15, 0.2) is 42.5 Å². The Labute approximate surface area is 180 Å². The summed E-state index contributed by atoms with van der Waals surface area (Å²) in [5.41, 5.74) is 1.26. The third-order valence-corrected chi connectivity index (χ3v) is 6.93. The van der Waals surface area contributed by atoms with E-state index in [1.165, 1.54) is 15.7 Å². The first-order valence-corrected chi connectivity index (χ1v) is 11.1. The van der Waals surface area contributed by atoms with E-state index < -0.39 is 16.1 Å². The number of hydrogen-bond donors (Lipinski definition) is 1. The molecule has 0 aliphatic carbocycles. The van der Waals surface area contributed by atoms with Gasteiger partial charge in [-0.25, -0.2) is 0 Å². The number of ether oxygens (including phenoxy) is 1. The molecule has 1 N–H and O–H groups in total. The van der Waals surface area contributed by atoms with Crippen LogP contribution in [0.4, 0.5) is 5.69 Å². The zero-order chi connectivity index (χ0) is 21.0. The molecule has 0 bridgehead atoms. The molecule has 1 aliphatic rings. The van der Waals surface area contributed by atoms with Crippen LogP contribution in [0.2, 0.25) is 10.0 Å². The molecule has 2 aromatic rings. The first kappa shape index (κ1) is 21.9. The molecule has 0 unspecified atom stereocenters. The van der Waals surface area contributed by atoms with E-state index in [1.807, 2.05) is 6.07 Å². The summed E-state index contributed by atoms with van der Waals surface area (Å²) in [5, 5.41) is 3.57. The second kappa shape index (κ2) is 9.32. The lowest BCUT2D eigenvalue weighted by molar-refractivity contribution is -0.116. The number of hydrogen-bond acceptors (Lipinski definition) is 4. The molecule has 2 aromatic carbocycles. The number of nitrogens with zero attached hydrogens (tertiary/aromatic N) is 2. The van der Waals surface area contributed by atoms with Gasteiger partial charge in [0.25, 0.3) is 10.2 Å². The fourth-order valence-corrected chi connectivity index (χ4v) is 5.19. The molecule has 1 amide bonds. The maximum Gasteiger partial charge on any atom is 0.282 e. The topological polar surface area (TPSA) is 79.0 Å². The third-order valence-electron chi connectivity index (χ3n) is 4.47. The van der Waals surface area contributed by atoms with Gasteiger partial charge in [-0.15, -0.1) is 0 Å². The van der Waals surface area contributed by atoms with Crippen molar-refractivity contribution in [3.8, 4) is 5.75 Å². The molecule has 3 rings (SSSR count). The van der Waals surface area contributed by atoms with E-state index in [2.05, 4.69) is 5.32 Å². The van der Waals surface area contributed by atoms with Crippen molar-refractivity contribution in [2.45, 2.75) is 13.0 Å². The van der Waals surface area contributed by atoms with Gasteiger partial charge < -0.3 is 10.1 Å². The molecule has 0 atom stereocenters. The summed E-state index contributed by atoms with van der Waals surface area (Å²) in [7, 11) is -2.27. The Balaban J connectivity index is 1.66. The predicted molar refractivity (Wildman–Crippen MR) is 114 cm³/mol. The zero-order valence-electron chi connectivity index (χ0n) is 15.8. The number of amides is 1. The molecular formula is C19H21Cl2N3O4S. The molecular weight excluding hydrogens is 437 g/mol. The average Bonchev–Trinajstić information content (AvgIpc) is 2.65. The number of halogens is 2. The minimum Gasteiger partial charge on any atom is -0.495 e. The molecule has 1 aliphatic heterocycles. The first-order chi connectivity index (χ1) is 13.8. The quantitative estimate of drug-likeness (QED) is 0.720. The summed E-state index contributed by atoms with van der Waals surface area (Å²) < 4.78 is 33.5. The van der Waals surface area contributed by atoms with Crippen LogP contribution in [-0.4, -0.2) is 49.7 Å². The van der Waals surface area contributed by atoms with Crippen molar-refractivity contribution >= 4 is 45.0 Å². The number of methoxy groups -OCH3 is 1. The van der Waals surface area contributed by atoms with Gasteiger partial charge in [-0.05, 0) is 42.3 Å². The number of anilines is 1. The van der Waals surface area contributed by atoms with Gasteiger partial charge in [0.15, 0.2) is 0 Å². The van der Waals surface area contributed by atoms with Gasteiger partial charge >= 0.3 is 0 Å². The van der Waals surface area contributed by atoms with Gasteiger partial charge in [0.1, 0.15) is 5.75 Å². The molecule has 0 aromatic heterocycles. The number of carbonyl (C=O) groups is 1. The van der Waals surface area contributed by atoms with Crippen molar-refractivity contribution in [1.29, 1.82) is 0 Å². The molecule has 0 radical (unpaired) electrons. The van der Waals surface area contributed by atoms with E-state index in [9.17, 15) is 13.2 Å². The Morgan fingerprint density at radius 3 is 2.59 bits per heavy atom. The fraction of sp³-hybridized carbons (Fsp3) is 0.316. The molecule has 10 heteroatoms. The highest BCUT2D eigenvalue weighted by molar-refractivity contribution is 7.86. The maximum atomic E-state index is 12.9. The highest BCUT2D eigenvalue weighted by Gasteiger charge is 2.34. The largest absolute Gasteiger partial charge is 0.495 e. The minimum absolute atomic E-state index is 0.203. The molecule has 7 nitrogen and oxygen atoms in total. The SMILES string of the molecule is COc1ccc(NC(=O)CN2CCCN(Cc3cccc(Cl)c3)S2(=O)=O)cc1Cl. The maximum absolute atomic E-state index is 12.9. The smallest absolute Gasteiger partial charge is 0.282 e. The van der Waals surface area contributed by atoms with Gasteiger partial charge in [-0.2, -0.15) is 17.0 Å². The van der Waals surface area contributed by atoms with Crippen molar-refractivity contribution < 1.29 is 17.9 Å². The van der Waals surface area contributed by atoms with E-state index >= 15 is 0 Å². The summed E-state index contributed by atoms with van der Waals surface area (Å²) in [5.74, 6) is 0.0411. The summed E-state index contributed by atoms with van der Waals surface area (Å²) in [6, 6.07) is 11.9. The van der Waals surface area contributed by atoms with Crippen LogP contribution >= 0.6 is 23.2 Å². The van der Waals surface area contributed by atoms with E-state index in [4.69, 9.17) is 27.9 Å². The van der Waals surface area contributed by atoms with E-state index in [1.54, 1.807) is 36.4 Å². The number of benzene rings is 2. The highest BCUT2D eigenvalue weighted by atomic mass is 35.5. The second-order valence-electron chi connectivity index (χ2n) is 6.56. The monoisotopic (exact) mass is 457 g/mol. The summed E-state index contributed by atoms with van der Waals surface area (Å²) >= 11 is 12.0. The first-order valence-electron chi connectivity index (χ1n) is 8.92. The summed E-state index contributed by atoms with van der Waals surface area (Å²) in [6.45, 7) is 0.597. The lowest BCUT2D eigenvalue weighted by atomic mass is 10.2. The van der Waals surface area contributed by atoms with E-state index in [0.717, 1.165) is 5.56 Å². The normalized spacial score (nSPS) is 17.1. The number of nitrogens with one attached hydrogen (secondary N) is 1. The van der Waals surface area contributed by atoms with Gasteiger partial charge in [-0.1, -0.05) is 35.3 Å². The molecule has 1 heterocycles. The van der Waals surface area contributed by atoms with Crippen molar-refractivity contribution in [2.75, 3.05) is 32.1 Å². The summed E-state index contributed by atoms with van der Waals surface area (Å²) in [6.07, 6.45) is 0.626. The average molecular weight is 458 g/mol. The van der Waals surface area contributed by atoms with Crippen LogP contribution in [0, 0.1) is 0 Å². The number of carbonyl (C=O) groups excluding carboxylic acids is 1. The van der Waals surface area contributed by atoms with Gasteiger partial charge in [0.2, 0.25) is 5.91 Å². The van der Waals surface area contributed by atoms with Crippen LogP contribution in [-0.2, 0) is 21.5 Å². The molecule has 0 saturated carbocycles. The number of rotatable bonds is 6. The Hall–Kier alpha value is -1.84. The minimum atomic E-state index is -3.76. The van der Waals surface area contributed by atoms with Crippen molar-refractivity contribution in [3.05, 3.63) is 58.1 Å². The second-order valence-corrected chi connectivity index (χ2v) is 9.33. The van der Waals surface area contributed by atoms with E-state index in [0.29, 0.717) is 34.4 Å². The lowest BCUT2D eigenvalue weighted by Gasteiger charge is -2.34.